The van der Waals surface area contributed by atoms with Crippen LogP contribution in [0.5, 0.6) is 0 Å². The normalized spacial score (nSPS) is 27.9. The van der Waals surface area contributed by atoms with E-state index >= 15 is 0 Å². The lowest BCUT2D eigenvalue weighted by molar-refractivity contribution is 0.151. The summed E-state index contributed by atoms with van der Waals surface area (Å²) < 4.78 is 0. The van der Waals surface area contributed by atoms with Gasteiger partial charge in [-0.1, -0.05) is 13.8 Å². The Bertz CT molecular complexity index is 234. The molecule has 1 atom stereocenters. The molecule has 1 unspecified atom stereocenters. The van der Waals surface area contributed by atoms with Gasteiger partial charge in [0.15, 0.2) is 0 Å². The maximum atomic E-state index is 9.10. The van der Waals surface area contributed by atoms with E-state index in [0.29, 0.717) is 0 Å². The van der Waals surface area contributed by atoms with Crippen LogP contribution in [-0.2, 0) is 0 Å². The summed E-state index contributed by atoms with van der Waals surface area (Å²) >= 11 is 2.01. The van der Waals surface area contributed by atoms with Crippen LogP contribution in [0.1, 0.15) is 33.6 Å². The number of thioether (sulfide) groups is 1. The monoisotopic (exact) mass is 226 g/mol. The molecule has 1 heterocycles. The highest BCUT2D eigenvalue weighted by molar-refractivity contribution is 7.99. The predicted octanol–water partition coefficient (Wildman–Crippen LogP) is 2.75. The zero-order chi connectivity index (χ0) is 11.3. The summed E-state index contributed by atoms with van der Waals surface area (Å²) in [7, 11) is 0. The molecular formula is C12H22N2S. The van der Waals surface area contributed by atoms with Crippen molar-refractivity contribution in [1.29, 1.82) is 5.26 Å². The average molecular weight is 226 g/mol. The zero-order valence-corrected chi connectivity index (χ0v) is 10.9. The fraction of sp³-hybridized carbons (Fsp3) is 0.917. The summed E-state index contributed by atoms with van der Waals surface area (Å²) in [6, 6.07) is 2.46. The molecule has 3 heteroatoms. The molecule has 1 aliphatic rings. The van der Waals surface area contributed by atoms with E-state index in [9.17, 15) is 0 Å². The number of likely N-dealkylation sites (tertiary alicyclic amines) is 1. The number of hydrogen-bond acceptors (Lipinski definition) is 3. The van der Waals surface area contributed by atoms with Gasteiger partial charge in [0.1, 0.15) is 0 Å². The van der Waals surface area contributed by atoms with E-state index < -0.39 is 0 Å². The minimum atomic E-state index is -0.0965. The molecule has 1 fully saturated rings. The number of piperidine rings is 1. The Morgan fingerprint density at radius 1 is 1.53 bits per heavy atom. The predicted molar refractivity (Wildman–Crippen MR) is 67.0 cm³/mol. The maximum absolute atomic E-state index is 9.10. The Kier molecular flexibility index (Phi) is 4.95. The van der Waals surface area contributed by atoms with Crippen molar-refractivity contribution in [3.05, 3.63) is 0 Å². The highest BCUT2D eigenvalue weighted by Gasteiger charge is 2.30. The number of nitrogens with zero attached hydrogens (tertiary/aromatic N) is 2. The molecule has 0 N–H and O–H groups in total. The lowest BCUT2D eigenvalue weighted by Gasteiger charge is -2.35. The first-order valence-corrected chi connectivity index (χ1v) is 6.86. The summed E-state index contributed by atoms with van der Waals surface area (Å²) in [6.07, 6.45) is 2.24. The highest BCUT2D eigenvalue weighted by atomic mass is 32.2. The molecule has 1 aliphatic heterocycles. The van der Waals surface area contributed by atoms with Gasteiger partial charge in [-0.2, -0.15) is 17.0 Å². The number of nitriles is 1. The minimum Gasteiger partial charge on any atom is -0.301 e. The molecule has 0 aromatic rings. The number of rotatable bonds is 4. The second-order valence-electron chi connectivity index (χ2n) is 4.97. The highest BCUT2D eigenvalue weighted by Crippen LogP contribution is 2.28. The van der Waals surface area contributed by atoms with Crippen LogP contribution in [0.25, 0.3) is 0 Å². The first-order valence-electron chi connectivity index (χ1n) is 5.81. The molecule has 0 bridgehead atoms. The van der Waals surface area contributed by atoms with Gasteiger partial charge < -0.3 is 4.90 Å². The Morgan fingerprint density at radius 3 is 2.87 bits per heavy atom. The third-order valence-corrected chi connectivity index (χ3v) is 3.99. The van der Waals surface area contributed by atoms with Gasteiger partial charge in [0.2, 0.25) is 0 Å². The van der Waals surface area contributed by atoms with Gasteiger partial charge in [-0.25, -0.2) is 0 Å². The summed E-state index contributed by atoms with van der Waals surface area (Å²) in [6.45, 7) is 9.84. The molecule has 0 amide bonds. The topological polar surface area (TPSA) is 27.0 Å². The fourth-order valence-corrected chi connectivity index (χ4v) is 2.88. The van der Waals surface area contributed by atoms with Crippen molar-refractivity contribution in [3.63, 3.8) is 0 Å². The van der Waals surface area contributed by atoms with Gasteiger partial charge in [0, 0.05) is 18.8 Å². The molecule has 0 aromatic heterocycles. The van der Waals surface area contributed by atoms with E-state index in [1.807, 2.05) is 11.8 Å². The van der Waals surface area contributed by atoms with Crippen LogP contribution >= 0.6 is 11.8 Å². The maximum Gasteiger partial charge on any atom is 0.0700 e. The summed E-state index contributed by atoms with van der Waals surface area (Å²) in [5.41, 5.74) is -0.0965. The summed E-state index contributed by atoms with van der Waals surface area (Å²) in [4.78, 5) is 2.45. The van der Waals surface area contributed by atoms with Crippen LogP contribution < -0.4 is 0 Å². The van der Waals surface area contributed by atoms with E-state index in [4.69, 9.17) is 5.26 Å². The van der Waals surface area contributed by atoms with Crippen molar-refractivity contribution in [2.24, 2.45) is 5.41 Å². The molecule has 0 spiro atoms. The number of hydrogen-bond donors (Lipinski definition) is 0. The van der Waals surface area contributed by atoms with E-state index in [1.54, 1.807) is 0 Å². The molecule has 15 heavy (non-hydrogen) atoms. The largest absolute Gasteiger partial charge is 0.301 e. The molecule has 0 radical (unpaired) electrons. The first kappa shape index (κ1) is 12.9. The Balaban J connectivity index is 2.28. The second-order valence-corrected chi connectivity index (χ2v) is 6.66. The third kappa shape index (κ3) is 4.44. The lowest BCUT2D eigenvalue weighted by Crippen LogP contribution is -2.41. The van der Waals surface area contributed by atoms with Gasteiger partial charge in [0.05, 0.1) is 11.5 Å². The fourth-order valence-electron chi connectivity index (χ4n) is 2.04. The van der Waals surface area contributed by atoms with Crippen molar-refractivity contribution in [2.75, 3.05) is 25.4 Å². The SMILES string of the molecule is CC(C)SCCN1CCCC(C)(C#N)C1. The summed E-state index contributed by atoms with van der Waals surface area (Å²) in [5, 5.41) is 9.82. The van der Waals surface area contributed by atoms with E-state index in [0.717, 1.165) is 24.8 Å². The van der Waals surface area contributed by atoms with Crippen LogP contribution in [0, 0.1) is 16.7 Å². The minimum absolute atomic E-state index is 0.0965. The van der Waals surface area contributed by atoms with Crippen molar-refractivity contribution >= 4 is 11.8 Å². The molecule has 2 nitrogen and oxygen atoms in total. The van der Waals surface area contributed by atoms with Gasteiger partial charge in [-0.3, -0.25) is 0 Å². The second kappa shape index (κ2) is 5.77. The van der Waals surface area contributed by atoms with Crippen molar-refractivity contribution in [1.82, 2.24) is 4.90 Å². The molecule has 1 saturated heterocycles. The lowest BCUT2D eigenvalue weighted by atomic mass is 9.83. The average Bonchev–Trinajstić information content (AvgIpc) is 2.17. The van der Waals surface area contributed by atoms with E-state index in [-0.39, 0.29) is 5.41 Å². The standard InChI is InChI=1S/C12H22N2S/c1-11(2)15-8-7-14-6-4-5-12(3,9-13)10-14/h11H,4-8,10H2,1-3H3. The van der Waals surface area contributed by atoms with Crippen LogP contribution in [0.2, 0.25) is 0 Å². The quantitative estimate of drug-likeness (QED) is 0.737. The van der Waals surface area contributed by atoms with Crippen LogP contribution in [0.15, 0.2) is 0 Å². The van der Waals surface area contributed by atoms with Crippen molar-refractivity contribution in [2.45, 2.75) is 38.9 Å². The smallest absolute Gasteiger partial charge is 0.0700 e. The van der Waals surface area contributed by atoms with Gasteiger partial charge >= 0.3 is 0 Å². The molecule has 86 valence electrons. The molecule has 0 saturated carbocycles. The Morgan fingerprint density at radius 2 is 2.27 bits per heavy atom. The molecular weight excluding hydrogens is 204 g/mol. The Labute approximate surface area is 98.0 Å². The Hall–Kier alpha value is -0.200. The van der Waals surface area contributed by atoms with E-state index in [2.05, 4.69) is 31.7 Å². The van der Waals surface area contributed by atoms with Gasteiger partial charge in [-0.15, -0.1) is 0 Å². The van der Waals surface area contributed by atoms with Crippen molar-refractivity contribution in [3.8, 4) is 6.07 Å². The van der Waals surface area contributed by atoms with Crippen molar-refractivity contribution < 1.29 is 0 Å². The molecule has 0 aliphatic carbocycles. The summed E-state index contributed by atoms with van der Waals surface area (Å²) in [5.74, 6) is 1.19. The van der Waals surface area contributed by atoms with Crippen LogP contribution in [0.4, 0.5) is 0 Å². The first-order chi connectivity index (χ1) is 7.06. The molecule has 0 aromatic carbocycles. The van der Waals surface area contributed by atoms with Gasteiger partial charge in [-0.05, 0) is 31.6 Å². The van der Waals surface area contributed by atoms with Gasteiger partial charge in [0.25, 0.3) is 0 Å². The van der Waals surface area contributed by atoms with E-state index in [1.165, 1.54) is 18.7 Å². The van der Waals surface area contributed by atoms with Crippen LogP contribution in [-0.4, -0.2) is 35.5 Å². The third-order valence-electron chi connectivity index (χ3n) is 2.90. The van der Waals surface area contributed by atoms with Crippen LogP contribution in [0.3, 0.4) is 0 Å². The molecule has 1 rings (SSSR count). The zero-order valence-electron chi connectivity index (χ0n) is 10.1.